The van der Waals surface area contributed by atoms with E-state index in [1.54, 1.807) is 18.3 Å². The van der Waals surface area contributed by atoms with E-state index in [-0.39, 0.29) is 11.7 Å². The van der Waals surface area contributed by atoms with Crippen LogP contribution in [0.25, 0.3) is 0 Å². The van der Waals surface area contributed by atoms with Crippen molar-refractivity contribution >= 4 is 12.1 Å². The molecule has 0 unspecified atom stereocenters. The van der Waals surface area contributed by atoms with Crippen molar-refractivity contribution in [3.8, 4) is 0 Å². The molecule has 1 aromatic rings. The fraction of sp³-hybridized carbons (Fsp3) is 0.250. The third-order valence-electron chi connectivity index (χ3n) is 1.30. The molecule has 0 aliphatic rings. The molecule has 0 fully saturated rings. The van der Waals surface area contributed by atoms with Gasteiger partial charge in [0.2, 0.25) is 0 Å². The highest BCUT2D eigenvalue weighted by atomic mass is 16.3. The molecule has 0 aliphatic heterocycles. The Labute approximate surface area is 75.6 Å². The molecule has 0 spiro atoms. The predicted molar refractivity (Wildman–Crippen MR) is 48.3 cm³/mol. The van der Waals surface area contributed by atoms with Gasteiger partial charge in [0.25, 0.3) is 0 Å². The van der Waals surface area contributed by atoms with Crippen molar-refractivity contribution in [1.29, 1.82) is 0 Å². The van der Waals surface area contributed by atoms with E-state index in [4.69, 9.17) is 10.2 Å². The van der Waals surface area contributed by atoms with Crippen LogP contribution in [0.5, 0.6) is 0 Å². The first kappa shape index (κ1) is 9.47. The van der Waals surface area contributed by atoms with Gasteiger partial charge < -0.3 is 10.2 Å². The van der Waals surface area contributed by atoms with Crippen LogP contribution >= 0.6 is 0 Å². The van der Waals surface area contributed by atoms with Crippen molar-refractivity contribution in [1.82, 2.24) is 5.43 Å². The Balaban J connectivity index is 2.34. The minimum absolute atomic E-state index is 0.241. The van der Waals surface area contributed by atoms with E-state index in [2.05, 4.69) is 10.5 Å². The Morgan fingerprint density at radius 3 is 3.23 bits per heavy atom. The van der Waals surface area contributed by atoms with Gasteiger partial charge in [0.15, 0.2) is 5.76 Å². The molecule has 0 bridgehead atoms. The predicted octanol–water partition coefficient (Wildman–Crippen LogP) is 0.344. The lowest BCUT2D eigenvalue weighted by atomic mass is 10.4. The number of nitrogens with one attached hydrogen (secondary N) is 1. The van der Waals surface area contributed by atoms with E-state index in [0.717, 1.165) is 0 Å². The second-order valence-electron chi connectivity index (χ2n) is 2.31. The number of carbonyl (C=O) groups excluding carboxylic acids is 1. The molecule has 0 atom stereocenters. The SMILES string of the molecule is NCC/C=N/NC(=O)c1ccco1. The highest BCUT2D eigenvalue weighted by molar-refractivity contribution is 5.91. The maximum Gasteiger partial charge on any atom is 0.307 e. The summed E-state index contributed by atoms with van der Waals surface area (Å²) in [4.78, 5) is 11.1. The molecule has 0 saturated carbocycles. The monoisotopic (exact) mass is 181 g/mol. The average molecular weight is 181 g/mol. The van der Waals surface area contributed by atoms with Gasteiger partial charge in [-0.2, -0.15) is 5.10 Å². The summed E-state index contributed by atoms with van der Waals surface area (Å²) in [5.41, 5.74) is 7.52. The Morgan fingerprint density at radius 2 is 2.62 bits per heavy atom. The van der Waals surface area contributed by atoms with Crippen LogP contribution in [0.4, 0.5) is 0 Å². The van der Waals surface area contributed by atoms with E-state index >= 15 is 0 Å². The number of nitrogens with two attached hydrogens (primary N) is 1. The first-order chi connectivity index (χ1) is 6.34. The topological polar surface area (TPSA) is 80.6 Å². The van der Waals surface area contributed by atoms with Gasteiger partial charge in [-0.05, 0) is 25.1 Å². The third kappa shape index (κ3) is 3.08. The number of hydrogen-bond acceptors (Lipinski definition) is 4. The maximum absolute atomic E-state index is 11.1. The molecule has 0 saturated heterocycles. The number of hydrazone groups is 1. The zero-order valence-corrected chi connectivity index (χ0v) is 7.06. The second kappa shape index (κ2) is 5.10. The van der Waals surface area contributed by atoms with E-state index in [0.29, 0.717) is 13.0 Å². The lowest BCUT2D eigenvalue weighted by Crippen LogP contribution is -2.16. The zero-order valence-electron chi connectivity index (χ0n) is 7.06. The molecule has 5 heteroatoms. The summed E-state index contributed by atoms with van der Waals surface area (Å²) >= 11 is 0. The van der Waals surface area contributed by atoms with Gasteiger partial charge in [-0.1, -0.05) is 0 Å². The normalized spacial score (nSPS) is 10.5. The smallest absolute Gasteiger partial charge is 0.307 e. The van der Waals surface area contributed by atoms with Crippen molar-refractivity contribution < 1.29 is 9.21 Å². The van der Waals surface area contributed by atoms with Crippen LogP contribution in [0.3, 0.4) is 0 Å². The summed E-state index contributed by atoms with van der Waals surface area (Å²) in [7, 11) is 0. The first-order valence-electron chi connectivity index (χ1n) is 3.90. The van der Waals surface area contributed by atoms with Gasteiger partial charge in [0.05, 0.1) is 6.26 Å². The van der Waals surface area contributed by atoms with E-state index < -0.39 is 0 Å². The molecule has 0 aromatic carbocycles. The van der Waals surface area contributed by atoms with Gasteiger partial charge >= 0.3 is 5.91 Å². The number of rotatable bonds is 4. The molecule has 0 aliphatic carbocycles. The van der Waals surface area contributed by atoms with Crippen molar-refractivity contribution in [2.45, 2.75) is 6.42 Å². The molecule has 1 heterocycles. The summed E-state index contributed by atoms with van der Waals surface area (Å²) in [6.07, 6.45) is 3.61. The van der Waals surface area contributed by atoms with E-state index in [1.807, 2.05) is 0 Å². The number of hydrogen-bond donors (Lipinski definition) is 2. The van der Waals surface area contributed by atoms with Crippen LogP contribution in [0, 0.1) is 0 Å². The molecular weight excluding hydrogens is 170 g/mol. The summed E-state index contributed by atoms with van der Waals surface area (Å²) in [6.45, 7) is 0.514. The molecule has 1 rings (SSSR count). The van der Waals surface area contributed by atoms with Gasteiger partial charge in [0, 0.05) is 6.21 Å². The van der Waals surface area contributed by atoms with Crippen LogP contribution < -0.4 is 11.2 Å². The number of nitrogens with zero attached hydrogens (tertiary/aromatic N) is 1. The standard InChI is InChI=1S/C8H11N3O2/c9-4-2-5-10-11-8(12)7-3-1-6-13-7/h1,3,5-6H,2,4,9H2,(H,11,12)/b10-5+. The summed E-state index contributed by atoms with van der Waals surface area (Å²) in [6, 6.07) is 3.20. The fourth-order valence-electron chi connectivity index (χ4n) is 0.706. The van der Waals surface area contributed by atoms with Gasteiger partial charge in [-0.15, -0.1) is 0 Å². The number of amides is 1. The molecule has 13 heavy (non-hydrogen) atoms. The van der Waals surface area contributed by atoms with Crippen molar-refractivity contribution in [2.75, 3.05) is 6.54 Å². The molecule has 5 nitrogen and oxygen atoms in total. The summed E-state index contributed by atoms with van der Waals surface area (Å²) in [5, 5.41) is 3.65. The highest BCUT2D eigenvalue weighted by Gasteiger charge is 2.05. The first-order valence-corrected chi connectivity index (χ1v) is 3.90. The van der Waals surface area contributed by atoms with Crippen LogP contribution in [0.15, 0.2) is 27.9 Å². The van der Waals surface area contributed by atoms with Gasteiger partial charge in [-0.25, -0.2) is 5.43 Å². The fourth-order valence-corrected chi connectivity index (χ4v) is 0.706. The van der Waals surface area contributed by atoms with E-state index in [9.17, 15) is 4.79 Å². The maximum atomic E-state index is 11.1. The number of carbonyl (C=O) groups is 1. The van der Waals surface area contributed by atoms with E-state index in [1.165, 1.54) is 6.26 Å². The minimum atomic E-state index is -0.363. The molecule has 3 N–H and O–H groups in total. The van der Waals surface area contributed by atoms with Gasteiger partial charge in [0.1, 0.15) is 0 Å². The molecule has 70 valence electrons. The highest BCUT2D eigenvalue weighted by Crippen LogP contribution is 1.98. The molecule has 1 amide bonds. The lowest BCUT2D eigenvalue weighted by molar-refractivity contribution is 0.0927. The third-order valence-corrected chi connectivity index (χ3v) is 1.30. The molecule has 1 aromatic heterocycles. The zero-order chi connectivity index (χ0) is 9.52. The summed E-state index contributed by atoms with van der Waals surface area (Å²) in [5.74, 6) is -0.122. The summed E-state index contributed by atoms with van der Waals surface area (Å²) < 4.78 is 4.84. The van der Waals surface area contributed by atoms with Crippen molar-refractivity contribution in [3.05, 3.63) is 24.2 Å². The van der Waals surface area contributed by atoms with Crippen LogP contribution in [-0.4, -0.2) is 18.7 Å². The van der Waals surface area contributed by atoms with Crippen LogP contribution in [-0.2, 0) is 0 Å². The minimum Gasteiger partial charge on any atom is -0.459 e. The largest absolute Gasteiger partial charge is 0.459 e. The Hall–Kier alpha value is -1.62. The molecular formula is C8H11N3O2. The number of furan rings is 1. The Morgan fingerprint density at radius 1 is 1.77 bits per heavy atom. The molecule has 0 radical (unpaired) electrons. The van der Waals surface area contributed by atoms with Crippen molar-refractivity contribution in [2.24, 2.45) is 10.8 Å². The quantitative estimate of drug-likeness (QED) is 0.519. The van der Waals surface area contributed by atoms with Crippen LogP contribution in [0.1, 0.15) is 17.0 Å². The Bertz CT molecular complexity index is 280. The second-order valence-corrected chi connectivity index (χ2v) is 2.31. The van der Waals surface area contributed by atoms with Crippen LogP contribution in [0.2, 0.25) is 0 Å². The van der Waals surface area contributed by atoms with Gasteiger partial charge in [-0.3, -0.25) is 4.79 Å². The Kier molecular flexibility index (Phi) is 3.72. The average Bonchev–Trinajstić information content (AvgIpc) is 2.65. The van der Waals surface area contributed by atoms with Crippen molar-refractivity contribution in [3.63, 3.8) is 0 Å². The lowest BCUT2D eigenvalue weighted by Gasteiger charge is -1.93.